The van der Waals surface area contributed by atoms with Gasteiger partial charge in [0.1, 0.15) is 5.82 Å². The van der Waals surface area contributed by atoms with Crippen LogP contribution in [0.15, 0.2) is 18.2 Å². The second-order valence-corrected chi connectivity index (χ2v) is 6.07. The van der Waals surface area contributed by atoms with Crippen molar-refractivity contribution in [3.05, 3.63) is 34.1 Å². The van der Waals surface area contributed by atoms with Crippen LogP contribution in [0, 0.1) is 10.1 Å². The average Bonchev–Trinajstić information content (AvgIpc) is 2.87. The lowest BCUT2D eigenvalue weighted by Gasteiger charge is -2.20. The molecule has 0 spiro atoms. The quantitative estimate of drug-likeness (QED) is 0.666. The highest BCUT2D eigenvalue weighted by atomic mass is 16.6. The number of imidazole rings is 1. The van der Waals surface area contributed by atoms with Crippen molar-refractivity contribution in [1.29, 1.82) is 0 Å². The van der Waals surface area contributed by atoms with Crippen molar-refractivity contribution in [2.45, 2.75) is 57.5 Å². The third-order valence-electron chi connectivity index (χ3n) is 4.39. The minimum atomic E-state index is -0.382. The van der Waals surface area contributed by atoms with Gasteiger partial charge in [0.05, 0.1) is 22.5 Å². The van der Waals surface area contributed by atoms with Crippen LogP contribution in [-0.4, -0.2) is 20.9 Å². The van der Waals surface area contributed by atoms with Gasteiger partial charge in [-0.25, -0.2) is 4.98 Å². The van der Waals surface area contributed by atoms with Crippen molar-refractivity contribution in [2.75, 3.05) is 0 Å². The summed E-state index contributed by atoms with van der Waals surface area (Å²) in [7, 11) is 0. The number of aromatic nitrogens is 2. The third-order valence-corrected chi connectivity index (χ3v) is 4.39. The van der Waals surface area contributed by atoms with Gasteiger partial charge in [0, 0.05) is 18.2 Å². The maximum absolute atomic E-state index is 10.8. The molecule has 1 aromatic heterocycles. The van der Waals surface area contributed by atoms with Crippen LogP contribution in [-0.2, 0) is 6.54 Å². The number of nitro benzene ring substituents is 1. The molecule has 1 fully saturated rings. The van der Waals surface area contributed by atoms with E-state index in [9.17, 15) is 10.1 Å². The van der Waals surface area contributed by atoms with E-state index in [-0.39, 0.29) is 10.6 Å². The second kappa shape index (κ2) is 6.87. The number of hydrogen-bond donors (Lipinski definition) is 2. The average molecular weight is 302 g/mol. The van der Waals surface area contributed by atoms with Gasteiger partial charge >= 0.3 is 0 Å². The Bertz CT molecular complexity index is 645. The van der Waals surface area contributed by atoms with Crippen molar-refractivity contribution in [2.24, 2.45) is 0 Å². The number of benzene rings is 1. The number of nitrogens with one attached hydrogen (secondary N) is 2. The topological polar surface area (TPSA) is 83.8 Å². The molecule has 22 heavy (non-hydrogen) atoms. The van der Waals surface area contributed by atoms with E-state index in [1.807, 2.05) is 0 Å². The lowest BCUT2D eigenvalue weighted by molar-refractivity contribution is -0.384. The number of nitrogens with zero attached hydrogens (tertiary/aromatic N) is 2. The molecule has 0 amide bonds. The Kier molecular flexibility index (Phi) is 4.68. The fraction of sp³-hybridized carbons (Fsp3) is 0.562. The van der Waals surface area contributed by atoms with Crippen LogP contribution < -0.4 is 5.32 Å². The Balaban J connectivity index is 1.64. The number of hydrogen-bond acceptors (Lipinski definition) is 4. The Labute approximate surface area is 129 Å². The van der Waals surface area contributed by atoms with Gasteiger partial charge in [-0.05, 0) is 18.9 Å². The number of nitro groups is 1. The van der Waals surface area contributed by atoms with Gasteiger partial charge in [-0.15, -0.1) is 0 Å². The summed E-state index contributed by atoms with van der Waals surface area (Å²) in [4.78, 5) is 18.1. The largest absolute Gasteiger partial charge is 0.341 e. The summed E-state index contributed by atoms with van der Waals surface area (Å²) in [6.45, 7) is 0.688. The van der Waals surface area contributed by atoms with Gasteiger partial charge in [-0.1, -0.05) is 32.1 Å². The number of H-pyrrole nitrogens is 1. The Hall–Kier alpha value is -1.95. The molecule has 2 N–H and O–H groups in total. The van der Waals surface area contributed by atoms with E-state index in [0.29, 0.717) is 12.6 Å². The molecule has 3 rings (SSSR count). The number of non-ortho nitro benzene ring substituents is 1. The second-order valence-electron chi connectivity index (χ2n) is 6.07. The molecule has 0 unspecified atom stereocenters. The van der Waals surface area contributed by atoms with E-state index in [1.54, 1.807) is 12.1 Å². The molecule has 0 bridgehead atoms. The van der Waals surface area contributed by atoms with Gasteiger partial charge in [0.15, 0.2) is 0 Å². The van der Waals surface area contributed by atoms with E-state index in [0.717, 1.165) is 16.9 Å². The predicted molar refractivity (Wildman–Crippen MR) is 85.7 cm³/mol. The standard InChI is InChI=1S/C16H22N4O2/c21-20(22)13-8-9-14-15(10-13)19-16(18-14)11-17-12-6-4-2-1-3-5-7-12/h8-10,12,17H,1-7,11H2,(H,18,19). The van der Waals surface area contributed by atoms with Crippen LogP contribution in [0.2, 0.25) is 0 Å². The Morgan fingerprint density at radius 3 is 2.68 bits per heavy atom. The first-order valence-electron chi connectivity index (χ1n) is 8.09. The summed E-state index contributed by atoms with van der Waals surface area (Å²) in [5.74, 6) is 0.845. The summed E-state index contributed by atoms with van der Waals surface area (Å²) in [6.07, 6.45) is 9.10. The van der Waals surface area contributed by atoms with Crippen LogP contribution in [0.3, 0.4) is 0 Å². The van der Waals surface area contributed by atoms with Crippen molar-refractivity contribution >= 4 is 16.7 Å². The molecule has 0 radical (unpaired) electrons. The molecular formula is C16H22N4O2. The maximum atomic E-state index is 10.8. The molecule has 1 aliphatic carbocycles. The monoisotopic (exact) mass is 302 g/mol. The smallest absolute Gasteiger partial charge is 0.271 e. The van der Waals surface area contributed by atoms with E-state index < -0.39 is 0 Å². The Morgan fingerprint density at radius 2 is 1.95 bits per heavy atom. The van der Waals surface area contributed by atoms with Crippen molar-refractivity contribution < 1.29 is 4.92 Å². The third kappa shape index (κ3) is 3.62. The summed E-state index contributed by atoms with van der Waals surface area (Å²) in [5, 5.41) is 14.4. The van der Waals surface area contributed by atoms with Gasteiger partial charge in [0.2, 0.25) is 0 Å². The van der Waals surface area contributed by atoms with Gasteiger partial charge in [0.25, 0.3) is 5.69 Å². The van der Waals surface area contributed by atoms with E-state index in [4.69, 9.17) is 0 Å². The van der Waals surface area contributed by atoms with Gasteiger partial charge in [-0.2, -0.15) is 0 Å². The fourth-order valence-electron chi connectivity index (χ4n) is 3.15. The molecule has 1 saturated carbocycles. The highest BCUT2D eigenvalue weighted by Crippen LogP contribution is 2.20. The van der Waals surface area contributed by atoms with Crippen molar-refractivity contribution in [3.8, 4) is 0 Å². The van der Waals surface area contributed by atoms with Crippen molar-refractivity contribution in [1.82, 2.24) is 15.3 Å². The number of fused-ring (bicyclic) bond motifs is 1. The van der Waals surface area contributed by atoms with Gasteiger partial charge in [-0.3, -0.25) is 10.1 Å². The maximum Gasteiger partial charge on any atom is 0.271 e. The van der Waals surface area contributed by atoms with Crippen LogP contribution in [0.25, 0.3) is 11.0 Å². The molecule has 118 valence electrons. The highest BCUT2D eigenvalue weighted by molar-refractivity contribution is 5.77. The first-order chi connectivity index (χ1) is 10.7. The molecule has 6 heteroatoms. The molecule has 0 atom stereocenters. The number of aromatic amines is 1. The lowest BCUT2D eigenvalue weighted by Crippen LogP contribution is -2.29. The van der Waals surface area contributed by atoms with E-state index >= 15 is 0 Å². The zero-order valence-electron chi connectivity index (χ0n) is 12.7. The first kappa shape index (κ1) is 15.0. The van der Waals surface area contributed by atoms with Crippen LogP contribution in [0.1, 0.15) is 50.8 Å². The molecule has 1 heterocycles. The lowest BCUT2D eigenvalue weighted by atomic mass is 9.97. The summed E-state index contributed by atoms with van der Waals surface area (Å²) in [6, 6.07) is 5.29. The van der Waals surface area contributed by atoms with E-state index in [1.165, 1.54) is 51.0 Å². The molecule has 0 saturated heterocycles. The molecule has 0 aliphatic heterocycles. The molecule has 2 aromatic rings. The Morgan fingerprint density at radius 1 is 1.23 bits per heavy atom. The van der Waals surface area contributed by atoms with Crippen molar-refractivity contribution in [3.63, 3.8) is 0 Å². The zero-order valence-corrected chi connectivity index (χ0v) is 12.7. The van der Waals surface area contributed by atoms with E-state index in [2.05, 4.69) is 15.3 Å². The SMILES string of the molecule is O=[N+]([O-])c1ccc2nc(CNC3CCCCCCC3)[nH]c2c1. The highest BCUT2D eigenvalue weighted by Gasteiger charge is 2.13. The van der Waals surface area contributed by atoms with Gasteiger partial charge < -0.3 is 10.3 Å². The normalized spacial score (nSPS) is 17.3. The number of rotatable bonds is 4. The summed E-state index contributed by atoms with van der Waals surface area (Å²) in [5.41, 5.74) is 1.60. The van der Waals surface area contributed by atoms with Crippen LogP contribution in [0.4, 0.5) is 5.69 Å². The molecule has 1 aliphatic rings. The summed E-state index contributed by atoms with van der Waals surface area (Å²) >= 11 is 0. The molecule has 6 nitrogen and oxygen atoms in total. The zero-order chi connectivity index (χ0) is 15.4. The first-order valence-corrected chi connectivity index (χ1v) is 8.09. The molecule has 1 aromatic carbocycles. The fourth-order valence-corrected chi connectivity index (χ4v) is 3.15. The summed E-state index contributed by atoms with van der Waals surface area (Å²) < 4.78 is 0. The minimum Gasteiger partial charge on any atom is -0.341 e. The van der Waals surface area contributed by atoms with Crippen LogP contribution in [0.5, 0.6) is 0 Å². The predicted octanol–water partition coefficient (Wildman–Crippen LogP) is 3.67. The molecular weight excluding hydrogens is 280 g/mol. The van der Waals surface area contributed by atoms with Crippen LogP contribution >= 0.6 is 0 Å². The minimum absolute atomic E-state index is 0.0932.